The zero-order valence-corrected chi connectivity index (χ0v) is 13.9. The third kappa shape index (κ3) is 4.18. The van der Waals surface area contributed by atoms with Gasteiger partial charge < -0.3 is 14.7 Å². The number of halogens is 3. The lowest BCUT2D eigenvalue weighted by Crippen LogP contribution is -2.32. The number of likely N-dealkylation sites (tertiary alicyclic amines) is 1. The minimum atomic E-state index is -4.47. The maximum atomic E-state index is 12.6. The van der Waals surface area contributed by atoms with E-state index in [4.69, 9.17) is 4.74 Å². The Morgan fingerprint density at radius 1 is 1.15 bits per heavy atom. The van der Waals surface area contributed by atoms with E-state index in [1.165, 1.54) is 23.1 Å². The fraction of sp³-hybridized carbons (Fsp3) is 0.278. The van der Waals surface area contributed by atoms with Gasteiger partial charge in [-0.25, -0.2) is 9.78 Å². The molecule has 1 aliphatic rings. The zero-order chi connectivity index (χ0) is 19.6. The van der Waals surface area contributed by atoms with Crippen molar-refractivity contribution in [2.24, 2.45) is 0 Å². The van der Waals surface area contributed by atoms with Crippen LogP contribution in [0.3, 0.4) is 0 Å². The van der Waals surface area contributed by atoms with Crippen LogP contribution in [0.25, 0.3) is 0 Å². The number of hydrogen-bond acceptors (Lipinski definition) is 4. The first-order valence-electron chi connectivity index (χ1n) is 8.07. The number of nitrogens with zero attached hydrogens (tertiary/aromatic N) is 2. The average molecular weight is 380 g/mol. The van der Waals surface area contributed by atoms with Crippen molar-refractivity contribution in [1.29, 1.82) is 0 Å². The molecule has 1 aromatic carbocycles. The molecule has 0 aliphatic carbocycles. The van der Waals surface area contributed by atoms with Crippen LogP contribution >= 0.6 is 0 Å². The second kappa shape index (κ2) is 7.26. The molecule has 27 heavy (non-hydrogen) atoms. The summed E-state index contributed by atoms with van der Waals surface area (Å²) >= 11 is 0. The maximum absolute atomic E-state index is 12.6. The monoisotopic (exact) mass is 380 g/mol. The van der Waals surface area contributed by atoms with Gasteiger partial charge in [-0.05, 0) is 18.2 Å². The van der Waals surface area contributed by atoms with Crippen LogP contribution in [-0.4, -0.2) is 46.1 Å². The number of pyridine rings is 1. The summed E-state index contributed by atoms with van der Waals surface area (Å²) in [7, 11) is 0. The fourth-order valence-electron chi connectivity index (χ4n) is 2.82. The molecular weight excluding hydrogens is 365 g/mol. The van der Waals surface area contributed by atoms with Crippen LogP contribution in [0, 0.1) is 0 Å². The normalized spacial score (nSPS) is 17.0. The molecule has 1 N–H and O–H groups in total. The van der Waals surface area contributed by atoms with Gasteiger partial charge in [-0.2, -0.15) is 13.2 Å². The molecule has 1 amide bonds. The standard InChI is InChI=1S/C18H15F3N2O4/c19-18(20,21)11-5-6-15(22-9-11)27-12-7-8-23(10-12)16(24)13-3-1-2-4-14(13)17(25)26/h1-6,9,12H,7-8,10H2,(H,25,26)/t12-/m1/s1. The highest BCUT2D eigenvalue weighted by molar-refractivity contribution is 6.04. The molecule has 0 bridgehead atoms. The molecule has 3 rings (SSSR count). The largest absolute Gasteiger partial charge is 0.478 e. The van der Waals surface area contributed by atoms with Crippen LogP contribution in [0.2, 0.25) is 0 Å². The van der Waals surface area contributed by atoms with E-state index < -0.39 is 29.7 Å². The van der Waals surface area contributed by atoms with E-state index in [-0.39, 0.29) is 23.6 Å². The molecular formula is C18H15F3N2O4. The second-order valence-corrected chi connectivity index (χ2v) is 6.01. The van der Waals surface area contributed by atoms with Gasteiger partial charge in [0.25, 0.3) is 5.91 Å². The Bertz CT molecular complexity index is 852. The van der Waals surface area contributed by atoms with Gasteiger partial charge in [0.15, 0.2) is 0 Å². The predicted octanol–water partition coefficient (Wildman–Crippen LogP) is 3.09. The molecule has 1 aromatic heterocycles. The molecule has 0 saturated carbocycles. The quantitative estimate of drug-likeness (QED) is 0.882. The van der Waals surface area contributed by atoms with Crippen molar-refractivity contribution in [3.63, 3.8) is 0 Å². The van der Waals surface area contributed by atoms with E-state index in [2.05, 4.69) is 4.98 Å². The number of alkyl halides is 3. The van der Waals surface area contributed by atoms with Crippen LogP contribution < -0.4 is 4.74 Å². The van der Waals surface area contributed by atoms with Gasteiger partial charge in [0.1, 0.15) is 6.10 Å². The molecule has 142 valence electrons. The summed E-state index contributed by atoms with van der Waals surface area (Å²) in [6.07, 6.45) is -3.75. The van der Waals surface area contributed by atoms with Crippen LogP contribution in [0.4, 0.5) is 13.2 Å². The Kier molecular flexibility index (Phi) is 5.02. The lowest BCUT2D eigenvalue weighted by Gasteiger charge is -2.18. The Balaban J connectivity index is 1.65. The minimum Gasteiger partial charge on any atom is -0.478 e. The molecule has 1 aliphatic heterocycles. The number of aromatic carboxylic acids is 1. The van der Waals surface area contributed by atoms with E-state index in [0.29, 0.717) is 19.2 Å². The SMILES string of the molecule is O=C(O)c1ccccc1C(=O)N1CC[C@@H](Oc2ccc(C(F)(F)F)cn2)C1. The van der Waals surface area contributed by atoms with Gasteiger partial charge in [0.05, 0.1) is 23.2 Å². The van der Waals surface area contributed by atoms with Gasteiger partial charge in [-0.3, -0.25) is 4.79 Å². The maximum Gasteiger partial charge on any atom is 0.417 e. The van der Waals surface area contributed by atoms with E-state index in [0.717, 1.165) is 12.1 Å². The highest BCUT2D eigenvalue weighted by Crippen LogP contribution is 2.29. The molecule has 1 saturated heterocycles. The van der Waals surface area contributed by atoms with Crippen molar-refractivity contribution in [3.8, 4) is 5.88 Å². The number of amides is 1. The molecule has 2 heterocycles. The third-order valence-corrected chi connectivity index (χ3v) is 4.17. The number of carboxylic acids is 1. The topological polar surface area (TPSA) is 79.7 Å². The first-order valence-corrected chi connectivity index (χ1v) is 8.07. The Morgan fingerprint density at radius 2 is 1.85 bits per heavy atom. The average Bonchev–Trinajstić information content (AvgIpc) is 3.09. The third-order valence-electron chi connectivity index (χ3n) is 4.17. The summed E-state index contributed by atoms with van der Waals surface area (Å²) < 4.78 is 43.2. The summed E-state index contributed by atoms with van der Waals surface area (Å²) in [5.74, 6) is -1.59. The second-order valence-electron chi connectivity index (χ2n) is 6.01. The number of ether oxygens (including phenoxy) is 1. The molecule has 9 heteroatoms. The first-order chi connectivity index (χ1) is 12.8. The van der Waals surface area contributed by atoms with Crippen molar-refractivity contribution in [1.82, 2.24) is 9.88 Å². The predicted molar refractivity (Wildman–Crippen MR) is 87.6 cm³/mol. The Labute approximate surface area is 152 Å². The van der Waals surface area contributed by atoms with Gasteiger partial charge in [0.2, 0.25) is 5.88 Å². The van der Waals surface area contributed by atoms with E-state index >= 15 is 0 Å². The van der Waals surface area contributed by atoms with Crippen LogP contribution in [-0.2, 0) is 6.18 Å². The smallest absolute Gasteiger partial charge is 0.417 e. The molecule has 0 unspecified atom stereocenters. The van der Waals surface area contributed by atoms with Gasteiger partial charge in [-0.15, -0.1) is 0 Å². The molecule has 1 atom stereocenters. The number of rotatable bonds is 4. The van der Waals surface area contributed by atoms with Gasteiger partial charge in [0, 0.05) is 25.2 Å². The van der Waals surface area contributed by atoms with Crippen LogP contribution in [0.1, 0.15) is 32.7 Å². The summed E-state index contributed by atoms with van der Waals surface area (Å²) in [6.45, 7) is 0.535. The van der Waals surface area contributed by atoms with Crippen LogP contribution in [0.15, 0.2) is 42.6 Å². The summed E-state index contributed by atoms with van der Waals surface area (Å²) in [5.41, 5.74) is -0.877. The molecule has 1 fully saturated rings. The summed E-state index contributed by atoms with van der Waals surface area (Å²) in [5, 5.41) is 9.20. The number of carbonyl (C=O) groups excluding carboxylic acids is 1. The highest BCUT2D eigenvalue weighted by atomic mass is 19.4. The Morgan fingerprint density at radius 3 is 2.44 bits per heavy atom. The zero-order valence-electron chi connectivity index (χ0n) is 13.9. The number of benzene rings is 1. The minimum absolute atomic E-state index is 0.0354. The lowest BCUT2D eigenvalue weighted by molar-refractivity contribution is -0.137. The summed E-state index contributed by atoms with van der Waals surface area (Å²) in [6, 6.07) is 7.92. The van der Waals surface area contributed by atoms with Gasteiger partial charge in [-0.1, -0.05) is 12.1 Å². The highest BCUT2D eigenvalue weighted by Gasteiger charge is 2.32. The summed E-state index contributed by atoms with van der Waals surface area (Å²) in [4.78, 5) is 29.0. The number of carbonyl (C=O) groups is 2. The first kappa shape index (κ1) is 18.7. The van der Waals surface area contributed by atoms with Crippen molar-refractivity contribution >= 4 is 11.9 Å². The van der Waals surface area contributed by atoms with Crippen molar-refractivity contribution in [2.75, 3.05) is 13.1 Å². The number of aromatic nitrogens is 1. The molecule has 0 radical (unpaired) electrons. The molecule has 6 nitrogen and oxygen atoms in total. The van der Waals surface area contributed by atoms with E-state index in [1.807, 2.05) is 0 Å². The number of hydrogen-bond donors (Lipinski definition) is 1. The Hall–Kier alpha value is -3.10. The van der Waals surface area contributed by atoms with Gasteiger partial charge >= 0.3 is 12.1 Å². The van der Waals surface area contributed by atoms with Crippen molar-refractivity contribution < 1.29 is 32.6 Å². The van der Waals surface area contributed by atoms with Crippen molar-refractivity contribution in [2.45, 2.75) is 18.7 Å². The molecule has 2 aromatic rings. The fourth-order valence-corrected chi connectivity index (χ4v) is 2.82. The number of carboxylic acid groups (broad SMARTS) is 1. The van der Waals surface area contributed by atoms with E-state index in [9.17, 15) is 27.9 Å². The molecule has 0 spiro atoms. The van der Waals surface area contributed by atoms with Crippen molar-refractivity contribution in [3.05, 3.63) is 59.3 Å². The van der Waals surface area contributed by atoms with Crippen LogP contribution in [0.5, 0.6) is 5.88 Å². The lowest BCUT2D eigenvalue weighted by atomic mass is 10.1. The van der Waals surface area contributed by atoms with E-state index in [1.54, 1.807) is 6.07 Å².